The second-order valence-corrected chi connectivity index (χ2v) is 9.93. The van der Waals surface area contributed by atoms with Crippen molar-refractivity contribution < 1.29 is 0 Å². The van der Waals surface area contributed by atoms with Crippen LogP contribution >= 0.6 is 0 Å². The summed E-state index contributed by atoms with van der Waals surface area (Å²) in [5, 5.41) is 0. The lowest BCUT2D eigenvalue weighted by Crippen LogP contribution is -2.29. The molecule has 27 heavy (non-hydrogen) atoms. The second kappa shape index (κ2) is 10.7. The highest BCUT2D eigenvalue weighted by molar-refractivity contribution is 5.26. The van der Waals surface area contributed by atoms with Crippen LogP contribution in [0.25, 0.3) is 0 Å². The van der Waals surface area contributed by atoms with Gasteiger partial charge in [0.1, 0.15) is 0 Å². The van der Waals surface area contributed by atoms with E-state index in [0.29, 0.717) is 0 Å². The molecule has 0 aromatic heterocycles. The summed E-state index contributed by atoms with van der Waals surface area (Å²) in [6.07, 6.45) is 18.7. The Bertz CT molecular complexity index is 519. The van der Waals surface area contributed by atoms with E-state index in [4.69, 9.17) is 0 Å². The highest BCUT2D eigenvalue weighted by Crippen LogP contribution is 2.46. The molecule has 2 aliphatic carbocycles. The van der Waals surface area contributed by atoms with Gasteiger partial charge in [-0.05, 0) is 85.7 Å². The first-order valence-corrected chi connectivity index (χ1v) is 12.3. The Morgan fingerprint density at radius 3 is 2.07 bits per heavy atom. The first kappa shape index (κ1) is 20.9. The van der Waals surface area contributed by atoms with E-state index < -0.39 is 0 Å². The van der Waals surface area contributed by atoms with Crippen LogP contribution in [0.2, 0.25) is 0 Å². The Balaban J connectivity index is 1.48. The van der Waals surface area contributed by atoms with Gasteiger partial charge in [0.25, 0.3) is 0 Å². The molecule has 0 spiro atoms. The van der Waals surface area contributed by atoms with Gasteiger partial charge in [0.15, 0.2) is 0 Å². The number of benzene rings is 1. The van der Waals surface area contributed by atoms with Gasteiger partial charge in [-0.3, -0.25) is 0 Å². The summed E-state index contributed by atoms with van der Waals surface area (Å²) in [6.45, 7) is 7.16. The molecule has 0 nitrogen and oxygen atoms in total. The third-order valence-electron chi connectivity index (χ3n) is 7.96. The minimum atomic E-state index is 0.808. The second-order valence-electron chi connectivity index (χ2n) is 9.93. The number of aryl methyl sites for hydroxylation is 1. The molecule has 0 N–H and O–H groups in total. The van der Waals surface area contributed by atoms with Crippen LogP contribution in [0, 0.1) is 23.7 Å². The average Bonchev–Trinajstić information content (AvgIpc) is 2.71. The first-order valence-electron chi connectivity index (χ1n) is 12.3. The van der Waals surface area contributed by atoms with E-state index in [1.165, 1.54) is 89.0 Å². The topological polar surface area (TPSA) is 0 Å². The predicted molar refractivity (Wildman–Crippen MR) is 119 cm³/mol. The Kier molecular flexibility index (Phi) is 8.28. The van der Waals surface area contributed by atoms with Gasteiger partial charge in [-0.25, -0.2) is 0 Å². The molecule has 1 aromatic rings. The lowest BCUT2D eigenvalue weighted by molar-refractivity contribution is 0.130. The van der Waals surface area contributed by atoms with Crippen molar-refractivity contribution in [2.45, 2.75) is 110 Å². The maximum atomic E-state index is 2.54. The van der Waals surface area contributed by atoms with Crippen LogP contribution in [0.3, 0.4) is 0 Å². The summed E-state index contributed by atoms with van der Waals surface area (Å²) in [5.41, 5.74) is 3.14. The van der Waals surface area contributed by atoms with E-state index >= 15 is 0 Å². The monoisotopic (exact) mass is 368 g/mol. The molecule has 3 unspecified atom stereocenters. The summed E-state index contributed by atoms with van der Waals surface area (Å²) < 4.78 is 0. The molecular weight excluding hydrogens is 324 g/mol. The van der Waals surface area contributed by atoms with Crippen LogP contribution in [0.1, 0.15) is 115 Å². The molecule has 0 saturated heterocycles. The van der Waals surface area contributed by atoms with Gasteiger partial charge in [-0.1, -0.05) is 83.6 Å². The maximum absolute atomic E-state index is 2.54. The third-order valence-corrected chi connectivity index (χ3v) is 7.96. The first-order chi connectivity index (χ1) is 13.2. The van der Waals surface area contributed by atoms with E-state index in [2.05, 4.69) is 45.0 Å². The zero-order valence-electron chi connectivity index (χ0n) is 18.4. The molecule has 152 valence electrons. The van der Waals surface area contributed by atoms with Crippen LogP contribution < -0.4 is 0 Å². The van der Waals surface area contributed by atoms with Crippen LogP contribution in [0.5, 0.6) is 0 Å². The largest absolute Gasteiger partial charge is 0.0654 e. The maximum Gasteiger partial charge on any atom is -0.0136 e. The van der Waals surface area contributed by atoms with E-state index in [0.717, 1.165) is 29.6 Å². The molecule has 2 saturated carbocycles. The molecule has 3 rings (SSSR count). The molecule has 2 aliphatic rings. The standard InChI is InChI=1S/C27H44/c1-4-6-8-22-10-14-24(15-11-22)26-18-19-27(21(3)20-26)25-16-12-23(13-17-25)9-7-5-2/h12-13,16-17,21-22,24,26-27H,4-11,14-15,18-20H2,1-3H3/t21?,22-,24-,26?,27?. The molecule has 0 heteroatoms. The summed E-state index contributed by atoms with van der Waals surface area (Å²) in [7, 11) is 0. The van der Waals surface area contributed by atoms with Crippen LogP contribution in [-0.4, -0.2) is 0 Å². The van der Waals surface area contributed by atoms with E-state index in [1.807, 2.05) is 0 Å². The van der Waals surface area contributed by atoms with Gasteiger partial charge in [0, 0.05) is 0 Å². The molecule has 3 atom stereocenters. The van der Waals surface area contributed by atoms with Gasteiger partial charge in [0.2, 0.25) is 0 Å². The van der Waals surface area contributed by atoms with Crippen LogP contribution in [0.15, 0.2) is 24.3 Å². The summed E-state index contributed by atoms with van der Waals surface area (Å²) in [6, 6.07) is 9.71. The van der Waals surface area contributed by atoms with Crippen molar-refractivity contribution in [1.29, 1.82) is 0 Å². The average molecular weight is 369 g/mol. The van der Waals surface area contributed by atoms with Gasteiger partial charge >= 0.3 is 0 Å². The molecule has 0 bridgehead atoms. The van der Waals surface area contributed by atoms with Crippen LogP contribution in [-0.2, 0) is 6.42 Å². The van der Waals surface area contributed by atoms with Crippen LogP contribution in [0.4, 0.5) is 0 Å². The highest BCUT2D eigenvalue weighted by atomic mass is 14.4. The van der Waals surface area contributed by atoms with Crippen molar-refractivity contribution in [3.8, 4) is 0 Å². The van der Waals surface area contributed by atoms with Crippen molar-refractivity contribution >= 4 is 0 Å². The Hall–Kier alpha value is -0.780. The fourth-order valence-corrected chi connectivity index (χ4v) is 6.11. The zero-order chi connectivity index (χ0) is 19.1. The Morgan fingerprint density at radius 1 is 0.778 bits per heavy atom. The number of hydrogen-bond donors (Lipinski definition) is 0. The summed E-state index contributed by atoms with van der Waals surface area (Å²) in [5.74, 6) is 4.79. The SMILES string of the molecule is CCCCc1ccc(C2CCC([C@H]3CC[C@H](CCCC)CC3)CC2C)cc1. The molecule has 1 aromatic carbocycles. The molecule has 0 heterocycles. The third kappa shape index (κ3) is 5.85. The van der Waals surface area contributed by atoms with Crippen molar-refractivity contribution in [1.82, 2.24) is 0 Å². The molecule has 0 amide bonds. The smallest absolute Gasteiger partial charge is 0.0136 e. The highest BCUT2D eigenvalue weighted by Gasteiger charge is 2.34. The van der Waals surface area contributed by atoms with E-state index in [9.17, 15) is 0 Å². The van der Waals surface area contributed by atoms with Gasteiger partial charge in [0.05, 0.1) is 0 Å². The molecule has 0 aliphatic heterocycles. The van der Waals surface area contributed by atoms with Crippen molar-refractivity contribution in [3.63, 3.8) is 0 Å². The Morgan fingerprint density at radius 2 is 1.44 bits per heavy atom. The lowest BCUT2D eigenvalue weighted by Gasteiger charge is -2.41. The number of unbranched alkanes of at least 4 members (excludes halogenated alkanes) is 2. The predicted octanol–water partition coefficient (Wildman–Crippen LogP) is 8.55. The van der Waals surface area contributed by atoms with Crippen molar-refractivity contribution in [2.75, 3.05) is 0 Å². The molecular formula is C27H44. The lowest BCUT2D eigenvalue weighted by atomic mass is 9.65. The fourth-order valence-electron chi connectivity index (χ4n) is 6.11. The van der Waals surface area contributed by atoms with Gasteiger partial charge in [-0.2, -0.15) is 0 Å². The van der Waals surface area contributed by atoms with E-state index in [-0.39, 0.29) is 0 Å². The fraction of sp³-hybridized carbons (Fsp3) is 0.778. The number of rotatable bonds is 8. The zero-order valence-corrected chi connectivity index (χ0v) is 18.4. The summed E-state index contributed by atoms with van der Waals surface area (Å²) >= 11 is 0. The normalized spacial score (nSPS) is 31.7. The quantitative estimate of drug-likeness (QED) is 0.431. The summed E-state index contributed by atoms with van der Waals surface area (Å²) in [4.78, 5) is 0. The molecule has 2 fully saturated rings. The minimum absolute atomic E-state index is 0.808. The minimum Gasteiger partial charge on any atom is -0.0654 e. The van der Waals surface area contributed by atoms with Gasteiger partial charge < -0.3 is 0 Å². The van der Waals surface area contributed by atoms with Crippen molar-refractivity contribution in [2.24, 2.45) is 23.7 Å². The molecule has 0 radical (unpaired) electrons. The van der Waals surface area contributed by atoms with E-state index in [1.54, 1.807) is 5.56 Å². The van der Waals surface area contributed by atoms with Crippen molar-refractivity contribution in [3.05, 3.63) is 35.4 Å². The van der Waals surface area contributed by atoms with Gasteiger partial charge in [-0.15, -0.1) is 0 Å². The Labute approximate surface area is 169 Å². The number of hydrogen-bond acceptors (Lipinski definition) is 0.